The zero-order valence-corrected chi connectivity index (χ0v) is 28.1. The van der Waals surface area contributed by atoms with Crippen molar-refractivity contribution in [3.05, 3.63) is 181 Å². The lowest BCUT2D eigenvalue weighted by Crippen LogP contribution is -2.09. The van der Waals surface area contributed by atoms with E-state index in [1.54, 1.807) is 0 Å². The van der Waals surface area contributed by atoms with Crippen molar-refractivity contribution in [2.45, 2.75) is 13.8 Å². The Kier molecular flexibility index (Phi) is 6.34. The molecule has 50 heavy (non-hydrogen) atoms. The zero-order chi connectivity index (χ0) is 33.3. The van der Waals surface area contributed by atoms with Crippen molar-refractivity contribution in [1.82, 2.24) is 4.57 Å². The fourth-order valence-electron chi connectivity index (χ4n) is 8.41. The average Bonchev–Trinajstić information content (AvgIpc) is 3.53. The van der Waals surface area contributed by atoms with Crippen LogP contribution in [0.4, 0.5) is 17.1 Å². The number of para-hydroxylation sites is 4. The summed E-state index contributed by atoms with van der Waals surface area (Å²) in [6.45, 7) is 4.57. The van der Waals surface area contributed by atoms with Crippen molar-refractivity contribution in [3.8, 4) is 16.8 Å². The summed E-state index contributed by atoms with van der Waals surface area (Å²) in [6.07, 6.45) is 0. The fourth-order valence-corrected chi connectivity index (χ4v) is 8.41. The van der Waals surface area contributed by atoms with Gasteiger partial charge in [-0.25, -0.2) is 0 Å². The Morgan fingerprint density at radius 1 is 0.420 bits per heavy atom. The van der Waals surface area contributed by atoms with Gasteiger partial charge in [0.05, 0.1) is 11.0 Å². The number of anilines is 3. The van der Waals surface area contributed by atoms with Crippen LogP contribution in [-0.4, -0.2) is 4.57 Å². The maximum atomic E-state index is 2.46. The second-order valence-electron chi connectivity index (χ2n) is 13.4. The van der Waals surface area contributed by atoms with Crippen molar-refractivity contribution in [1.29, 1.82) is 0 Å². The Morgan fingerprint density at radius 2 is 0.960 bits per heavy atom. The summed E-state index contributed by atoms with van der Waals surface area (Å²) in [5.41, 5.74) is 12.2. The van der Waals surface area contributed by atoms with E-state index in [-0.39, 0.29) is 0 Å². The number of aromatic nitrogens is 1. The third-order valence-electron chi connectivity index (χ3n) is 10.6. The summed E-state index contributed by atoms with van der Waals surface area (Å²) in [5.74, 6) is 0. The van der Waals surface area contributed by atoms with Gasteiger partial charge in [-0.05, 0) is 123 Å². The van der Waals surface area contributed by atoms with Gasteiger partial charge >= 0.3 is 0 Å². The van der Waals surface area contributed by atoms with E-state index in [9.17, 15) is 0 Å². The molecule has 0 radical (unpaired) electrons. The van der Waals surface area contributed by atoms with Crippen molar-refractivity contribution >= 4 is 71.2 Å². The topological polar surface area (TPSA) is 8.17 Å². The van der Waals surface area contributed by atoms with Gasteiger partial charge in [-0.3, -0.25) is 0 Å². The molecule has 236 valence electrons. The van der Waals surface area contributed by atoms with E-state index in [0.29, 0.717) is 0 Å². The Bertz CT molecular complexity index is 2810. The van der Waals surface area contributed by atoms with E-state index < -0.39 is 0 Å². The summed E-state index contributed by atoms with van der Waals surface area (Å²) in [6, 6.07) is 61.8. The van der Waals surface area contributed by atoms with E-state index in [0.717, 1.165) is 17.1 Å². The third-order valence-corrected chi connectivity index (χ3v) is 10.6. The fraction of sp³-hybridized carbons (Fsp3) is 0.0417. The second kappa shape index (κ2) is 11.1. The van der Waals surface area contributed by atoms with Gasteiger partial charge in [0.1, 0.15) is 0 Å². The van der Waals surface area contributed by atoms with E-state index in [2.05, 4.69) is 193 Å². The molecule has 1 heterocycles. The maximum absolute atomic E-state index is 2.46. The predicted molar refractivity (Wildman–Crippen MR) is 214 cm³/mol. The number of nitrogens with zero attached hydrogens (tertiary/aromatic N) is 2. The first-order chi connectivity index (χ1) is 24.7. The average molecular weight is 639 g/mol. The quantitative estimate of drug-likeness (QED) is 0.170. The van der Waals surface area contributed by atoms with Crippen LogP contribution in [0.15, 0.2) is 170 Å². The number of hydrogen-bond donors (Lipinski definition) is 0. The van der Waals surface area contributed by atoms with Crippen LogP contribution < -0.4 is 4.90 Å². The molecule has 2 nitrogen and oxygen atoms in total. The predicted octanol–water partition coefficient (Wildman–Crippen LogP) is 13.4. The van der Waals surface area contributed by atoms with Crippen LogP contribution in [-0.2, 0) is 0 Å². The molecule has 0 saturated carbocycles. The van der Waals surface area contributed by atoms with Crippen LogP contribution >= 0.6 is 0 Å². The third kappa shape index (κ3) is 4.15. The molecule has 0 spiro atoms. The van der Waals surface area contributed by atoms with Gasteiger partial charge in [-0.1, -0.05) is 115 Å². The number of hydrogen-bond acceptors (Lipinski definition) is 1. The van der Waals surface area contributed by atoms with Crippen molar-refractivity contribution in [2.75, 3.05) is 4.90 Å². The Morgan fingerprint density at radius 3 is 1.66 bits per heavy atom. The molecule has 9 aromatic carbocycles. The van der Waals surface area contributed by atoms with E-state index >= 15 is 0 Å². The number of fused-ring (bicyclic) bond motifs is 4. The van der Waals surface area contributed by atoms with Crippen LogP contribution in [0.3, 0.4) is 0 Å². The Labute approximate surface area is 291 Å². The van der Waals surface area contributed by atoms with Gasteiger partial charge < -0.3 is 9.47 Å². The van der Waals surface area contributed by atoms with Gasteiger partial charge in [0.2, 0.25) is 0 Å². The van der Waals surface area contributed by atoms with Crippen LogP contribution in [0.5, 0.6) is 0 Å². The highest BCUT2D eigenvalue weighted by Crippen LogP contribution is 2.47. The molecule has 10 rings (SSSR count). The lowest BCUT2D eigenvalue weighted by molar-refractivity contribution is 1.17. The molecule has 0 fully saturated rings. The first kappa shape index (κ1) is 28.6. The molecule has 1 aromatic heterocycles. The molecule has 0 aliphatic heterocycles. The minimum atomic E-state index is 1.13. The highest BCUT2D eigenvalue weighted by molar-refractivity contribution is 6.35. The van der Waals surface area contributed by atoms with E-state index in [1.807, 2.05) is 0 Å². The van der Waals surface area contributed by atoms with Gasteiger partial charge in [0.25, 0.3) is 0 Å². The molecular weight excluding hydrogens is 605 g/mol. The van der Waals surface area contributed by atoms with Crippen LogP contribution in [0.25, 0.3) is 70.9 Å². The van der Waals surface area contributed by atoms with E-state index in [1.165, 1.54) is 82.1 Å². The monoisotopic (exact) mass is 638 g/mol. The molecule has 10 aromatic rings. The first-order valence-corrected chi connectivity index (χ1v) is 17.4. The van der Waals surface area contributed by atoms with Crippen LogP contribution in [0, 0.1) is 13.8 Å². The minimum Gasteiger partial charge on any atom is -0.311 e. The Balaban J connectivity index is 1.21. The number of benzene rings is 9. The zero-order valence-electron chi connectivity index (χ0n) is 28.1. The molecule has 0 aliphatic rings. The highest BCUT2D eigenvalue weighted by atomic mass is 15.1. The lowest BCUT2D eigenvalue weighted by Gasteiger charge is -2.25. The first-order valence-electron chi connectivity index (χ1n) is 17.4. The normalized spacial score (nSPS) is 11.8. The summed E-state index contributed by atoms with van der Waals surface area (Å²) in [4.78, 5) is 2.32. The maximum Gasteiger partial charge on any atom is 0.0582 e. The molecular formula is C48H34N2. The van der Waals surface area contributed by atoms with E-state index in [4.69, 9.17) is 0 Å². The molecule has 0 amide bonds. The molecule has 0 aliphatic carbocycles. The van der Waals surface area contributed by atoms with Crippen molar-refractivity contribution in [3.63, 3.8) is 0 Å². The summed E-state index contributed by atoms with van der Waals surface area (Å²) in [7, 11) is 0. The van der Waals surface area contributed by atoms with Gasteiger partial charge in [-0.2, -0.15) is 0 Å². The standard InChI is InChI=1S/C48H34N2/c1-31-30-43(33-22-24-37(25-23-33)49(34-14-6-3-7-15-34)35-16-8-4-9-17-35)40-28-27-39-32(2)48-47(42-29-26-38(31)45(40)46(39)42)41-20-12-13-21-44(41)50(48)36-18-10-5-11-19-36/h3-30H,1-2H3. The summed E-state index contributed by atoms with van der Waals surface area (Å²) < 4.78 is 2.46. The molecule has 0 atom stereocenters. The Hall–Kier alpha value is -6.38. The molecule has 0 saturated heterocycles. The SMILES string of the molecule is Cc1cc(-c2ccc(N(c3ccccc3)c3ccccc3)cc2)c2ccc3c(C)c4c(c5ccc1c2c35)c1ccccc1n4-c1ccccc1. The second-order valence-corrected chi connectivity index (χ2v) is 13.4. The molecule has 0 N–H and O–H groups in total. The molecule has 0 bridgehead atoms. The lowest BCUT2D eigenvalue weighted by atomic mass is 9.85. The smallest absolute Gasteiger partial charge is 0.0582 e. The van der Waals surface area contributed by atoms with Gasteiger partial charge in [-0.15, -0.1) is 0 Å². The molecule has 0 unspecified atom stereocenters. The highest BCUT2D eigenvalue weighted by Gasteiger charge is 2.22. The minimum absolute atomic E-state index is 1.13. The summed E-state index contributed by atoms with van der Waals surface area (Å²) >= 11 is 0. The van der Waals surface area contributed by atoms with Crippen molar-refractivity contribution in [2.24, 2.45) is 0 Å². The molecule has 2 heteroatoms. The summed E-state index contributed by atoms with van der Waals surface area (Å²) in [5, 5.41) is 10.6. The van der Waals surface area contributed by atoms with Gasteiger partial charge in [0.15, 0.2) is 0 Å². The van der Waals surface area contributed by atoms with Crippen molar-refractivity contribution < 1.29 is 0 Å². The van der Waals surface area contributed by atoms with Crippen LogP contribution in [0.2, 0.25) is 0 Å². The van der Waals surface area contributed by atoms with Crippen LogP contribution in [0.1, 0.15) is 11.1 Å². The number of rotatable bonds is 5. The largest absolute Gasteiger partial charge is 0.311 e. The number of aryl methyl sites for hydroxylation is 2. The van der Waals surface area contributed by atoms with Gasteiger partial charge in [0, 0.05) is 33.5 Å².